The van der Waals surface area contributed by atoms with Crippen LogP contribution in [-0.2, 0) is 23.9 Å². The fraction of sp³-hybridized carbons (Fsp3) is 0.0909. The van der Waals surface area contributed by atoms with Crippen molar-refractivity contribution >= 4 is 33.5 Å². The van der Waals surface area contributed by atoms with Crippen LogP contribution >= 0.6 is 11.6 Å². The predicted octanol–water partition coefficient (Wildman–Crippen LogP) is 0.549. The molecule has 0 saturated heterocycles. The number of halogens is 1. The Balaban J connectivity index is 2.72. The quantitative estimate of drug-likeness (QED) is 0.482. The van der Waals surface area contributed by atoms with Crippen molar-refractivity contribution in [3.8, 4) is 0 Å². The van der Waals surface area contributed by atoms with E-state index in [4.69, 9.17) is 11.6 Å². The first-order valence-electron chi connectivity index (χ1n) is 5.06. The van der Waals surface area contributed by atoms with Crippen molar-refractivity contribution in [2.75, 3.05) is 0 Å². The number of nitrogens with one attached hydrogen (secondary N) is 1. The van der Waals surface area contributed by atoms with Crippen molar-refractivity contribution in [1.82, 2.24) is 5.32 Å². The van der Waals surface area contributed by atoms with Gasteiger partial charge in [0.1, 0.15) is 0 Å². The van der Waals surface area contributed by atoms with E-state index in [0.29, 0.717) is 0 Å². The number of amides is 2. The summed E-state index contributed by atoms with van der Waals surface area (Å²) in [5, 5.41) is 1.88. The van der Waals surface area contributed by atoms with E-state index in [-0.39, 0.29) is 5.56 Å². The minimum atomic E-state index is -4.87. The lowest BCUT2D eigenvalue weighted by atomic mass is 10.0. The summed E-state index contributed by atoms with van der Waals surface area (Å²) < 4.78 is 30.0. The van der Waals surface area contributed by atoms with Crippen LogP contribution in [0.5, 0.6) is 0 Å². The van der Waals surface area contributed by atoms with Crippen LogP contribution in [-0.4, -0.2) is 24.8 Å². The number of alkyl halides is 1. The van der Waals surface area contributed by atoms with Gasteiger partial charge in [0.2, 0.25) is 4.21 Å². The Morgan fingerprint density at radius 1 is 1.16 bits per heavy atom. The Morgan fingerprint density at radius 3 is 2.16 bits per heavy atom. The lowest BCUT2D eigenvalue weighted by Gasteiger charge is -2.24. The molecule has 1 heterocycles. The first-order valence-corrected chi connectivity index (χ1v) is 6.87. The molecule has 100 valence electrons. The average molecular weight is 302 g/mol. The van der Waals surface area contributed by atoms with Gasteiger partial charge in [-0.05, 0) is 5.56 Å². The number of hydrogen-bond donors (Lipinski definition) is 2. The molecule has 0 bridgehead atoms. The van der Waals surface area contributed by atoms with E-state index >= 15 is 0 Å². The summed E-state index contributed by atoms with van der Waals surface area (Å²) >= 11 is 5.99. The summed E-state index contributed by atoms with van der Waals surface area (Å²) in [6.07, 6.45) is 0.760. The van der Waals surface area contributed by atoms with Crippen LogP contribution in [0.2, 0.25) is 0 Å². The number of carbonyl (C=O) groups excluding carboxylic acids is 2. The molecule has 1 aliphatic rings. The third-order valence-electron chi connectivity index (χ3n) is 2.60. The third kappa shape index (κ3) is 2.16. The fourth-order valence-corrected chi connectivity index (χ4v) is 2.88. The molecule has 0 aromatic heterocycles. The summed E-state index contributed by atoms with van der Waals surface area (Å²) in [5.74, 6) is -1.74. The van der Waals surface area contributed by atoms with Gasteiger partial charge in [0.25, 0.3) is 21.9 Å². The molecule has 0 spiro atoms. The molecule has 8 heteroatoms. The molecule has 1 aliphatic heterocycles. The van der Waals surface area contributed by atoms with Crippen LogP contribution < -0.4 is 5.32 Å². The first kappa shape index (κ1) is 13.7. The number of benzene rings is 1. The largest absolute Gasteiger partial charge is 0.293 e. The van der Waals surface area contributed by atoms with Gasteiger partial charge < -0.3 is 0 Å². The summed E-state index contributed by atoms with van der Waals surface area (Å²) in [4.78, 5) is 22.7. The lowest BCUT2D eigenvalue weighted by Crippen LogP contribution is -2.36. The Labute approximate surface area is 113 Å². The molecule has 19 heavy (non-hydrogen) atoms. The zero-order valence-corrected chi connectivity index (χ0v) is 10.9. The smallest absolute Gasteiger partial charge is 0.289 e. The number of rotatable bonds is 3. The summed E-state index contributed by atoms with van der Waals surface area (Å²) in [6.45, 7) is 0. The van der Waals surface area contributed by atoms with Gasteiger partial charge in [0.05, 0.1) is 5.57 Å². The van der Waals surface area contributed by atoms with E-state index in [1.54, 1.807) is 6.07 Å². The van der Waals surface area contributed by atoms with E-state index in [2.05, 4.69) is 0 Å². The van der Waals surface area contributed by atoms with Crippen LogP contribution in [0.3, 0.4) is 0 Å². The molecule has 0 aliphatic carbocycles. The molecule has 1 atom stereocenters. The van der Waals surface area contributed by atoms with Crippen LogP contribution in [0.25, 0.3) is 0 Å². The van der Waals surface area contributed by atoms with Crippen LogP contribution in [0.15, 0.2) is 42.0 Å². The summed E-state index contributed by atoms with van der Waals surface area (Å²) in [7, 11) is -4.87. The second-order valence-corrected chi connectivity index (χ2v) is 6.17. The van der Waals surface area contributed by atoms with E-state index in [1.807, 2.05) is 5.32 Å². The molecule has 0 radical (unpaired) electrons. The molecule has 1 aromatic carbocycles. The van der Waals surface area contributed by atoms with Crippen molar-refractivity contribution in [3.63, 3.8) is 0 Å². The van der Waals surface area contributed by atoms with Gasteiger partial charge >= 0.3 is 0 Å². The van der Waals surface area contributed by atoms with Crippen molar-refractivity contribution in [3.05, 3.63) is 47.5 Å². The average Bonchev–Trinajstić information content (AvgIpc) is 2.67. The zero-order chi connectivity index (χ0) is 14.3. The van der Waals surface area contributed by atoms with Crippen LogP contribution in [0, 0.1) is 0 Å². The molecule has 6 nitrogen and oxygen atoms in total. The Bertz CT molecular complexity index is 682. The molecule has 2 N–H and O–H groups in total. The van der Waals surface area contributed by atoms with Crippen molar-refractivity contribution < 1.29 is 22.6 Å². The van der Waals surface area contributed by atoms with Gasteiger partial charge in [-0.3, -0.25) is 19.5 Å². The van der Waals surface area contributed by atoms with Crippen molar-refractivity contribution in [2.45, 2.75) is 4.21 Å². The molecule has 1 unspecified atom stereocenters. The van der Waals surface area contributed by atoms with E-state index < -0.39 is 31.7 Å². The monoisotopic (exact) mass is 301 g/mol. The van der Waals surface area contributed by atoms with Crippen molar-refractivity contribution in [1.29, 1.82) is 0 Å². The zero-order valence-electron chi connectivity index (χ0n) is 9.33. The molecular formula is C11H8ClNO5S. The second kappa shape index (κ2) is 4.44. The Kier molecular flexibility index (Phi) is 3.21. The number of imide groups is 1. The van der Waals surface area contributed by atoms with Gasteiger partial charge in [-0.25, -0.2) is 0 Å². The lowest BCUT2D eigenvalue weighted by molar-refractivity contribution is -0.123. The fourth-order valence-electron chi connectivity index (χ4n) is 1.75. The minimum absolute atomic E-state index is 0.0322. The van der Waals surface area contributed by atoms with E-state index in [0.717, 1.165) is 6.08 Å². The molecule has 2 amide bonds. The van der Waals surface area contributed by atoms with Crippen LogP contribution in [0.4, 0.5) is 0 Å². The second-order valence-electron chi connectivity index (χ2n) is 3.81. The SMILES string of the molecule is O=C1C=C(C(Cl)(c2ccccc2)S(=O)(=O)O)C(=O)N1. The van der Waals surface area contributed by atoms with Gasteiger partial charge in [0, 0.05) is 6.08 Å². The normalized spacial score (nSPS) is 18.7. The molecular weight excluding hydrogens is 294 g/mol. The molecule has 0 fully saturated rings. The highest BCUT2D eigenvalue weighted by atomic mass is 35.5. The van der Waals surface area contributed by atoms with Crippen LogP contribution in [0.1, 0.15) is 5.56 Å². The minimum Gasteiger partial charge on any atom is -0.289 e. The topological polar surface area (TPSA) is 101 Å². The number of carbonyl (C=O) groups is 2. The van der Waals surface area contributed by atoms with Gasteiger partial charge in [0.15, 0.2) is 0 Å². The predicted molar refractivity (Wildman–Crippen MR) is 66.8 cm³/mol. The highest BCUT2D eigenvalue weighted by Crippen LogP contribution is 2.42. The number of hydrogen-bond acceptors (Lipinski definition) is 4. The third-order valence-corrected chi connectivity index (χ3v) is 4.78. The molecule has 0 saturated carbocycles. The van der Waals surface area contributed by atoms with Gasteiger partial charge in [-0.2, -0.15) is 8.42 Å². The maximum absolute atomic E-state index is 11.6. The highest BCUT2D eigenvalue weighted by molar-refractivity contribution is 7.88. The molecule has 1 aromatic rings. The van der Waals surface area contributed by atoms with Gasteiger partial charge in [-0.1, -0.05) is 41.9 Å². The Morgan fingerprint density at radius 2 is 1.74 bits per heavy atom. The summed E-state index contributed by atoms with van der Waals surface area (Å²) in [5.41, 5.74) is -0.567. The van der Waals surface area contributed by atoms with E-state index in [9.17, 15) is 22.6 Å². The first-order chi connectivity index (χ1) is 8.76. The van der Waals surface area contributed by atoms with Gasteiger partial charge in [-0.15, -0.1) is 0 Å². The summed E-state index contributed by atoms with van der Waals surface area (Å²) in [6, 6.07) is 7.26. The highest BCUT2D eigenvalue weighted by Gasteiger charge is 2.51. The molecule has 2 rings (SSSR count). The maximum Gasteiger partial charge on any atom is 0.293 e. The standard InChI is InChI=1S/C11H8ClNO5S/c12-11(19(16,17)18,7-4-2-1-3-5-7)8-6-9(14)13-10(8)15/h1-6H,(H,13,14,15)(H,16,17,18). The van der Waals surface area contributed by atoms with E-state index in [1.165, 1.54) is 24.3 Å². The van der Waals surface area contributed by atoms with Crippen molar-refractivity contribution in [2.24, 2.45) is 0 Å². The maximum atomic E-state index is 11.6. The Hall–Kier alpha value is -1.70.